The second kappa shape index (κ2) is 5.96. The normalized spacial score (nSPS) is 10.1. The molecule has 0 aliphatic rings. The van der Waals surface area contributed by atoms with E-state index in [9.17, 15) is 4.79 Å². The summed E-state index contributed by atoms with van der Waals surface area (Å²) in [6.45, 7) is 2.63. The molecule has 0 aliphatic carbocycles. The molecular formula is C15H15NO2. The Balaban J connectivity index is 2.30. The Hall–Kier alpha value is -2.16. The highest BCUT2D eigenvalue weighted by molar-refractivity contribution is 6.09. The van der Waals surface area contributed by atoms with Gasteiger partial charge in [0.15, 0.2) is 0 Å². The van der Waals surface area contributed by atoms with Crippen molar-refractivity contribution >= 4 is 5.78 Å². The predicted octanol–water partition coefficient (Wildman–Crippen LogP) is 3.10. The minimum atomic E-state index is -0.109. The maximum Gasteiger partial charge on any atom is 0.215 e. The molecule has 1 heterocycles. The molecule has 3 heteroatoms. The number of aromatic nitrogens is 1. The molecule has 1 aromatic heterocycles. The third-order valence-corrected chi connectivity index (χ3v) is 2.49. The standard InChI is InChI=1S/C15H15NO2/c1-2-11-18-14-9-4-3-7-12(14)15(17)13-8-5-6-10-16-13/h3-10H,2,11H2,1H3. The van der Waals surface area contributed by atoms with E-state index >= 15 is 0 Å². The molecule has 0 unspecified atom stereocenters. The quantitative estimate of drug-likeness (QED) is 0.755. The van der Waals surface area contributed by atoms with Gasteiger partial charge in [-0.3, -0.25) is 9.78 Å². The molecule has 0 spiro atoms. The van der Waals surface area contributed by atoms with Gasteiger partial charge in [-0.1, -0.05) is 25.1 Å². The molecule has 0 aliphatic heterocycles. The molecule has 0 bridgehead atoms. The van der Waals surface area contributed by atoms with E-state index in [1.165, 1.54) is 0 Å². The Morgan fingerprint density at radius 2 is 1.94 bits per heavy atom. The van der Waals surface area contributed by atoms with Crippen LogP contribution in [0.5, 0.6) is 5.75 Å². The lowest BCUT2D eigenvalue weighted by molar-refractivity contribution is 0.103. The minimum Gasteiger partial charge on any atom is -0.493 e. The van der Waals surface area contributed by atoms with Crippen molar-refractivity contribution in [2.45, 2.75) is 13.3 Å². The van der Waals surface area contributed by atoms with Crippen LogP contribution in [-0.4, -0.2) is 17.4 Å². The van der Waals surface area contributed by atoms with E-state index in [0.29, 0.717) is 23.6 Å². The van der Waals surface area contributed by atoms with E-state index in [2.05, 4.69) is 4.98 Å². The van der Waals surface area contributed by atoms with Crippen LogP contribution in [0.4, 0.5) is 0 Å². The summed E-state index contributed by atoms with van der Waals surface area (Å²) in [6.07, 6.45) is 2.52. The van der Waals surface area contributed by atoms with Gasteiger partial charge < -0.3 is 4.74 Å². The molecule has 18 heavy (non-hydrogen) atoms. The summed E-state index contributed by atoms with van der Waals surface area (Å²) in [7, 11) is 0. The number of pyridine rings is 1. The summed E-state index contributed by atoms with van der Waals surface area (Å²) in [4.78, 5) is 16.4. The number of rotatable bonds is 5. The second-order valence-electron chi connectivity index (χ2n) is 3.89. The van der Waals surface area contributed by atoms with E-state index < -0.39 is 0 Å². The first-order valence-electron chi connectivity index (χ1n) is 6.00. The first-order chi connectivity index (χ1) is 8.83. The van der Waals surface area contributed by atoms with Gasteiger partial charge in [0.2, 0.25) is 5.78 Å². The lowest BCUT2D eigenvalue weighted by Gasteiger charge is -2.09. The fourth-order valence-electron chi connectivity index (χ4n) is 1.63. The molecule has 92 valence electrons. The average molecular weight is 241 g/mol. The average Bonchev–Trinajstić information content (AvgIpc) is 2.45. The van der Waals surface area contributed by atoms with Crippen LogP contribution in [-0.2, 0) is 0 Å². The predicted molar refractivity (Wildman–Crippen MR) is 69.9 cm³/mol. The molecule has 2 aromatic rings. The first-order valence-corrected chi connectivity index (χ1v) is 6.00. The smallest absolute Gasteiger partial charge is 0.215 e. The molecule has 0 atom stereocenters. The van der Waals surface area contributed by atoms with Gasteiger partial charge >= 0.3 is 0 Å². The summed E-state index contributed by atoms with van der Waals surface area (Å²) < 4.78 is 5.58. The summed E-state index contributed by atoms with van der Waals surface area (Å²) in [6, 6.07) is 12.6. The van der Waals surface area contributed by atoms with E-state index in [1.54, 1.807) is 30.5 Å². The van der Waals surface area contributed by atoms with Crippen molar-refractivity contribution in [1.29, 1.82) is 0 Å². The van der Waals surface area contributed by atoms with Gasteiger partial charge in [-0.15, -0.1) is 0 Å². The van der Waals surface area contributed by atoms with Crippen LogP contribution in [0.3, 0.4) is 0 Å². The maximum atomic E-state index is 12.3. The molecule has 0 N–H and O–H groups in total. The molecule has 1 aromatic carbocycles. The Morgan fingerprint density at radius 1 is 1.17 bits per heavy atom. The number of para-hydroxylation sites is 1. The summed E-state index contributed by atoms with van der Waals surface area (Å²) in [5.41, 5.74) is 0.995. The molecular weight excluding hydrogens is 226 g/mol. The zero-order chi connectivity index (χ0) is 12.8. The molecule has 0 amide bonds. The lowest BCUT2D eigenvalue weighted by atomic mass is 10.1. The van der Waals surface area contributed by atoms with Crippen LogP contribution in [0, 0.1) is 0 Å². The summed E-state index contributed by atoms with van der Waals surface area (Å²) >= 11 is 0. The van der Waals surface area contributed by atoms with E-state index in [-0.39, 0.29) is 5.78 Å². The van der Waals surface area contributed by atoms with Crippen molar-refractivity contribution in [3.8, 4) is 5.75 Å². The maximum absolute atomic E-state index is 12.3. The van der Waals surface area contributed by atoms with Crippen LogP contribution in [0.15, 0.2) is 48.7 Å². The zero-order valence-electron chi connectivity index (χ0n) is 10.3. The van der Waals surface area contributed by atoms with Crippen molar-refractivity contribution in [1.82, 2.24) is 4.98 Å². The molecule has 0 saturated heterocycles. The van der Waals surface area contributed by atoms with Crippen LogP contribution in [0.25, 0.3) is 0 Å². The molecule has 3 nitrogen and oxygen atoms in total. The third-order valence-electron chi connectivity index (χ3n) is 2.49. The van der Waals surface area contributed by atoms with Crippen molar-refractivity contribution in [3.05, 3.63) is 59.9 Å². The van der Waals surface area contributed by atoms with Crippen LogP contribution in [0.2, 0.25) is 0 Å². The monoisotopic (exact) mass is 241 g/mol. The number of benzene rings is 1. The summed E-state index contributed by atoms with van der Waals surface area (Å²) in [5.74, 6) is 0.511. The highest BCUT2D eigenvalue weighted by Crippen LogP contribution is 2.20. The SMILES string of the molecule is CCCOc1ccccc1C(=O)c1ccccn1. The lowest BCUT2D eigenvalue weighted by Crippen LogP contribution is -2.07. The highest BCUT2D eigenvalue weighted by Gasteiger charge is 2.14. The van der Waals surface area contributed by atoms with Crippen molar-refractivity contribution in [3.63, 3.8) is 0 Å². The highest BCUT2D eigenvalue weighted by atomic mass is 16.5. The van der Waals surface area contributed by atoms with Crippen LogP contribution >= 0.6 is 0 Å². The third kappa shape index (κ3) is 2.74. The Kier molecular flexibility index (Phi) is 4.07. The number of hydrogen-bond acceptors (Lipinski definition) is 3. The van der Waals surface area contributed by atoms with E-state index in [0.717, 1.165) is 6.42 Å². The number of nitrogens with zero attached hydrogens (tertiary/aromatic N) is 1. The topological polar surface area (TPSA) is 39.2 Å². The Morgan fingerprint density at radius 3 is 2.67 bits per heavy atom. The van der Waals surface area contributed by atoms with Gasteiger partial charge in [-0.05, 0) is 30.7 Å². The van der Waals surface area contributed by atoms with Crippen LogP contribution in [0.1, 0.15) is 29.4 Å². The van der Waals surface area contributed by atoms with Crippen molar-refractivity contribution in [2.24, 2.45) is 0 Å². The van der Waals surface area contributed by atoms with E-state index in [4.69, 9.17) is 4.74 Å². The fourth-order valence-corrected chi connectivity index (χ4v) is 1.63. The van der Waals surface area contributed by atoms with Crippen molar-refractivity contribution < 1.29 is 9.53 Å². The van der Waals surface area contributed by atoms with Gasteiger partial charge in [0, 0.05) is 6.20 Å². The number of hydrogen-bond donors (Lipinski definition) is 0. The fraction of sp³-hybridized carbons (Fsp3) is 0.200. The van der Waals surface area contributed by atoms with Gasteiger partial charge in [0.1, 0.15) is 11.4 Å². The second-order valence-corrected chi connectivity index (χ2v) is 3.89. The van der Waals surface area contributed by atoms with Gasteiger partial charge in [0.05, 0.1) is 12.2 Å². The number of ether oxygens (including phenoxy) is 1. The molecule has 0 saturated carbocycles. The largest absolute Gasteiger partial charge is 0.493 e. The van der Waals surface area contributed by atoms with Gasteiger partial charge in [-0.25, -0.2) is 0 Å². The van der Waals surface area contributed by atoms with Gasteiger partial charge in [-0.2, -0.15) is 0 Å². The van der Waals surface area contributed by atoms with E-state index in [1.807, 2.05) is 25.1 Å². The number of carbonyl (C=O) groups excluding carboxylic acids is 1. The Bertz CT molecular complexity index is 523. The van der Waals surface area contributed by atoms with Gasteiger partial charge in [0.25, 0.3) is 0 Å². The molecule has 0 radical (unpaired) electrons. The molecule has 0 fully saturated rings. The van der Waals surface area contributed by atoms with Crippen molar-refractivity contribution in [2.75, 3.05) is 6.61 Å². The zero-order valence-corrected chi connectivity index (χ0v) is 10.3. The number of ketones is 1. The molecule has 2 rings (SSSR count). The Labute approximate surface area is 106 Å². The minimum absolute atomic E-state index is 0.109. The van der Waals surface area contributed by atoms with Crippen LogP contribution < -0.4 is 4.74 Å². The number of carbonyl (C=O) groups is 1. The summed E-state index contributed by atoms with van der Waals surface area (Å²) in [5, 5.41) is 0. The first kappa shape index (κ1) is 12.3.